The molecule has 1 amide bonds. The number of carbonyl (C=O) groups is 1. The van der Waals surface area contributed by atoms with E-state index in [1.807, 2.05) is 12.1 Å². The number of hydrogen-bond acceptors (Lipinski definition) is 4. The molecule has 0 unspecified atom stereocenters. The molecule has 1 heterocycles. The zero-order valence-corrected chi connectivity index (χ0v) is 14.9. The smallest absolute Gasteiger partial charge is 0.241 e. The fourth-order valence-electron chi connectivity index (χ4n) is 3.89. The summed E-state index contributed by atoms with van der Waals surface area (Å²) in [5.74, 6) is 1.46. The Morgan fingerprint density at radius 3 is 2.46 bits per heavy atom. The molecule has 5 nitrogen and oxygen atoms in total. The summed E-state index contributed by atoms with van der Waals surface area (Å²) in [6.07, 6.45) is 6.76. The fourth-order valence-corrected chi connectivity index (χ4v) is 3.89. The second-order valence-corrected chi connectivity index (χ2v) is 6.95. The average Bonchev–Trinajstić information content (AvgIpc) is 2.60. The third kappa shape index (κ3) is 3.51. The third-order valence-electron chi connectivity index (χ3n) is 5.15. The molecule has 132 valence electrons. The number of methoxy groups -OCH3 is 2. The number of benzene rings is 1. The van der Waals surface area contributed by atoms with E-state index in [1.165, 1.54) is 19.3 Å². The lowest BCUT2D eigenvalue weighted by Crippen LogP contribution is -2.48. The highest BCUT2D eigenvalue weighted by molar-refractivity contribution is 5.84. The standard InChI is InChI=1S/C19H28N2O3/c1-12-9-13-10-16(23-2)17(24-3)11-15(13)18(20-12)19(22)21-14-7-5-4-6-8-14/h10-12,14,18,20H,4-9H2,1-3H3,(H,21,22)/t12-,18+/m1/s1. The van der Waals surface area contributed by atoms with Crippen LogP contribution in [0.1, 0.15) is 56.2 Å². The normalized spacial score (nSPS) is 24.1. The van der Waals surface area contributed by atoms with Gasteiger partial charge in [-0.3, -0.25) is 10.1 Å². The maximum atomic E-state index is 12.9. The summed E-state index contributed by atoms with van der Waals surface area (Å²) in [5.41, 5.74) is 2.15. The Labute approximate surface area is 144 Å². The molecule has 2 aliphatic rings. The van der Waals surface area contributed by atoms with E-state index in [2.05, 4.69) is 17.6 Å². The molecule has 24 heavy (non-hydrogen) atoms. The van der Waals surface area contributed by atoms with Crippen molar-refractivity contribution >= 4 is 5.91 Å². The minimum Gasteiger partial charge on any atom is -0.493 e. The van der Waals surface area contributed by atoms with Gasteiger partial charge in [-0.25, -0.2) is 0 Å². The number of amides is 1. The van der Waals surface area contributed by atoms with Crippen molar-refractivity contribution in [3.05, 3.63) is 23.3 Å². The second-order valence-electron chi connectivity index (χ2n) is 6.95. The number of hydrogen-bond donors (Lipinski definition) is 2. The van der Waals surface area contributed by atoms with Gasteiger partial charge in [0, 0.05) is 12.1 Å². The lowest BCUT2D eigenvalue weighted by atomic mass is 9.89. The molecule has 0 bridgehead atoms. The molecular formula is C19H28N2O3. The molecule has 2 N–H and O–H groups in total. The van der Waals surface area contributed by atoms with E-state index in [-0.39, 0.29) is 18.0 Å². The van der Waals surface area contributed by atoms with Gasteiger partial charge in [0.15, 0.2) is 11.5 Å². The predicted molar refractivity (Wildman–Crippen MR) is 93.6 cm³/mol. The zero-order chi connectivity index (χ0) is 17.1. The van der Waals surface area contributed by atoms with Crippen LogP contribution >= 0.6 is 0 Å². The number of ether oxygens (including phenoxy) is 2. The van der Waals surface area contributed by atoms with Crippen molar-refractivity contribution in [2.75, 3.05) is 14.2 Å². The Kier molecular flexibility index (Phi) is 5.29. The van der Waals surface area contributed by atoms with Gasteiger partial charge >= 0.3 is 0 Å². The Morgan fingerprint density at radius 2 is 1.79 bits per heavy atom. The van der Waals surface area contributed by atoms with Crippen LogP contribution in [0.4, 0.5) is 0 Å². The summed E-state index contributed by atoms with van der Waals surface area (Å²) in [4.78, 5) is 12.9. The average molecular weight is 332 g/mol. The van der Waals surface area contributed by atoms with Gasteiger partial charge in [0.1, 0.15) is 6.04 Å². The van der Waals surface area contributed by atoms with Crippen LogP contribution in [0, 0.1) is 0 Å². The Morgan fingerprint density at radius 1 is 1.12 bits per heavy atom. The molecule has 0 saturated heterocycles. The highest BCUT2D eigenvalue weighted by Crippen LogP contribution is 2.36. The van der Waals surface area contributed by atoms with Crippen molar-refractivity contribution in [1.82, 2.24) is 10.6 Å². The Balaban J connectivity index is 1.85. The Hall–Kier alpha value is -1.75. The summed E-state index contributed by atoms with van der Waals surface area (Å²) in [7, 11) is 3.27. The topological polar surface area (TPSA) is 59.6 Å². The molecule has 1 aromatic rings. The summed E-state index contributed by atoms with van der Waals surface area (Å²) < 4.78 is 10.8. The van der Waals surface area contributed by atoms with Crippen molar-refractivity contribution in [1.29, 1.82) is 0 Å². The van der Waals surface area contributed by atoms with E-state index in [1.54, 1.807) is 14.2 Å². The van der Waals surface area contributed by atoms with Crippen LogP contribution < -0.4 is 20.1 Å². The van der Waals surface area contributed by atoms with E-state index in [9.17, 15) is 4.79 Å². The number of fused-ring (bicyclic) bond motifs is 1. The van der Waals surface area contributed by atoms with Crippen molar-refractivity contribution in [2.24, 2.45) is 0 Å². The summed E-state index contributed by atoms with van der Waals surface area (Å²) in [5, 5.41) is 6.68. The van der Waals surface area contributed by atoms with Gasteiger partial charge in [-0.15, -0.1) is 0 Å². The lowest BCUT2D eigenvalue weighted by molar-refractivity contribution is -0.124. The van der Waals surface area contributed by atoms with Gasteiger partial charge in [-0.1, -0.05) is 19.3 Å². The van der Waals surface area contributed by atoms with Gasteiger partial charge in [-0.2, -0.15) is 0 Å². The number of rotatable bonds is 4. The highest BCUT2D eigenvalue weighted by atomic mass is 16.5. The molecule has 1 aliphatic heterocycles. The lowest BCUT2D eigenvalue weighted by Gasteiger charge is -2.33. The maximum Gasteiger partial charge on any atom is 0.241 e. The summed E-state index contributed by atoms with van der Waals surface area (Å²) in [6.45, 7) is 2.11. The molecule has 2 atom stereocenters. The monoisotopic (exact) mass is 332 g/mol. The van der Waals surface area contributed by atoms with E-state index in [0.717, 1.165) is 36.1 Å². The first-order chi connectivity index (χ1) is 11.6. The van der Waals surface area contributed by atoms with Crippen molar-refractivity contribution in [3.63, 3.8) is 0 Å². The molecular weight excluding hydrogens is 304 g/mol. The fraction of sp³-hybridized carbons (Fsp3) is 0.632. The van der Waals surface area contributed by atoms with Crippen molar-refractivity contribution in [3.8, 4) is 11.5 Å². The van der Waals surface area contributed by atoms with Crippen LogP contribution in [0.3, 0.4) is 0 Å². The van der Waals surface area contributed by atoms with Crippen molar-refractivity contribution < 1.29 is 14.3 Å². The molecule has 0 aromatic heterocycles. The molecule has 0 spiro atoms. The van der Waals surface area contributed by atoms with E-state index in [4.69, 9.17) is 9.47 Å². The SMILES string of the molecule is COc1cc2c(cc1OC)[C@@H](C(=O)NC1CCCCC1)N[C@H](C)C2. The van der Waals surface area contributed by atoms with Gasteiger partial charge in [0.25, 0.3) is 0 Å². The highest BCUT2D eigenvalue weighted by Gasteiger charge is 2.32. The van der Waals surface area contributed by atoms with E-state index in [0.29, 0.717) is 11.8 Å². The molecule has 0 radical (unpaired) electrons. The molecule has 1 aromatic carbocycles. The largest absolute Gasteiger partial charge is 0.493 e. The first-order valence-electron chi connectivity index (χ1n) is 8.93. The molecule has 1 fully saturated rings. The first kappa shape index (κ1) is 17.1. The van der Waals surface area contributed by atoms with Crippen LogP contribution in [0.2, 0.25) is 0 Å². The second kappa shape index (κ2) is 7.43. The maximum absolute atomic E-state index is 12.9. The molecule has 5 heteroatoms. The number of nitrogens with one attached hydrogen (secondary N) is 2. The van der Waals surface area contributed by atoms with Crippen LogP contribution in [-0.4, -0.2) is 32.2 Å². The molecule has 3 rings (SSSR count). The third-order valence-corrected chi connectivity index (χ3v) is 5.15. The van der Waals surface area contributed by atoms with Gasteiger partial charge in [0.2, 0.25) is 5.91 Å². The van der Waals surface area contributed by atoms with Crippen LogP contribution in [0.15, 0.2) is 12.1 Å². The quantitative estimate of drug-likeness (QED) is 0.890. The Bertz CT molecular complexity index is 597. The van der Waals surface area contributed by atoms with E-state index >= 15 is 0 Å². The summed E-state index contributed by atoms with van der Waals surface area (Å²) in [6, 6.07) is 4.18. The predicted octanol–water partition coefficient (Wildman–Crippen LogP) is 2.73. The minimum absolute atomic E-state index is 0.0712. The zero-order valence-electron chi connectivity index (χ0n) is 14.9. The van der Waals surface area contributed by atoms with Gasteiger partial charge in [0.05, 0.1) is 14.2 Å². The minimum atomic E-state index is -0.328. The number of carbonyl (C=O) groups excluding carboxylic acids is 1. The van der Waals surface area contributed by atoms with Crippen LogP contribution in [-0.2, 0) is 11.2 Å². The van der Waals surface area contributed by atoms with E-state index < -0.39 is 0 Å². The van der Waals surface area contributed by atoms with Crippen molar-refractivity contribution in [2.45, 2.75) is 63.6 Å². The summed E-state index contributed by atoms with van der Waals surface area (Å²) >= 11 is 0. The molecule has 1 aliphatic carbocycles. The first-order valence-corrected chi connectivity index (χ1v) is 8.93. The van der Waals surface area contributed by atoms with Gasteiger partial charge in [-0.05, 0) is 49.4 Å². The van der Waals surface area contributed by atoms with Crippen LogP contribution in [0.5, 0.6) is 11.5 Å². The van der Waals surface area contributed by atoms with Gasteiger partial charge < -0.3 is 14.8 Å². The molecule has 1 saturated carbocycles. The van der Waals surface area contributed by atoms with Crippen LogP contribution in [0.25, 0.3) is 0 Å².